The summed E-state index contributed by atoms with van der Waals surface area (Å²) in [5.74, 6) is 0.428. The second-order valence-electron chi connectivity index (χ2n) is 5.16. The minimum absolute atomic E-state index is 0.0930. The zero-order chi connectivity index (χ0) is 16.7. The number of rotatable bonds is 8. The second-order valence-corrected chi connectivity index (χ2v) is 7.43. The number of benzene rings is 1. The predicted octanol–water partition coefficient (Wildman–Crippen LogP) is 3.54. The first-order valence-electron chi connectivity index (χ1n) is 7.43. The highest BCUT2D eigenvalue weighted by atomic mass is 35.5. The summed E-state index contributed by atoms with van der Waals surface area (Å²) in [6.07, 6.45) is 3.05. The Morgan fingerprint density at radius 3 is 2.48 bits per heavy atom. The number of hydrogen-bond donors (Lipinski definition) is 2. The van der Waals surface area contributed by atoms with E-state index in [2.05, 4.69) is 15.0 Å². The summed E-state index contributed by atoms with van der Waals surface area (Å²) in [7, 11) is -3.30. The number of aromatic nitrogens is 1. The molecule has 2 N–H and O–H groups in total. The highest BCUT2D eigenvalue weighted by Crippen LogP contribution is 2.13. The average molecular weight is 354 g/mol. The van der Waals surface area contributed by atoms with Crippen LogP contribution in [0.15, 0.2) is 42.6 Å². The Hall–Kier alpha value is -1.79. The van der Waals surface area contributed by atoms with Gasteiger partial charge in [-0.1, -0.05) is 30.7 Å². The number of hydrogen-bond acceptors (Lipinski definition) is 4. The molecule has 0 bridgehead atoms. The molecule has 0 radical (unpaired) electrons. The molecule has 0 unspecified atom stereocenters. The van der Waals surface area contributed by atoms with Crippen molar-refractivity contribution in [1.82, 2.24) is 4.98 Å². The van der Waals surface area contributed by atoms with Gasteiger partial charge < -0.3 is 5.32 Å². The fourth-order valence-electron chi connectivity index (χ4n) is 2.04. The minimum atomic E-state index is -3.30. The molecule has 0 atom stereocenters. The zero-order valence-corrected chi connectivity index (χ0v) is 14.5. The molecule has 1 aromatic heterocycles. The molecule has 7 heteroatoms. The third kappa shape index (κ3) is 6.08. The van der Waals surface area contributed by atoms with Crippen LogP contribution in [0.25, 0.3) is 0 Å². The van der Waals surface area contributed by atoms with Crippen molar-refractivity contribution in [3.63, 3.8) is 0 Å². The fraction of sp³-hybridized carbons (Fsp3) is 0.312. The van der Waals surface area contributed by atoms with E-state index in [1.54, 1.807) is 18.3 Å². The molecule has 23 heavy (non-hydrogen) atoms. The van der Waals surface area contributed by atoms with Gasteiger partial charge in [-0.25, -0.2) is 13.4 Å². The van der Waals surface area contributed by atoms with E-state index < -0.39 is 10.0 Å². The lowest BCUT2D eigenvalue weighted by Gasteiger charge is -2.09. The molecule has 2 rings (SSSR count). The Bertz CT molecular complexity index is 716. The van der Waals surface area contributed by atoms with E-state index >= 15 is 0 Å². The monoisotopic (exact) mass is 353 g/mol. The van der Waals surface area contributed by atoms with Gasteiger partial charge in [0.2, 0.25) is 10.0 Å². The first-order chi connectivity index (χ1) is 11.0. The summed E-state index contributed by atoms with van der Waals surface area (Å²) in [6.45, 7) is 2.57. The summed E-state index contributed by atoms with van der Waals surface area (Å²) in [5, 5.41) is 3.98. The van der Waals surface area contributed by atoms with E-state index in [1.165, 1.54) is 5.56 Å². The lowest BCUT2D eigenvalue weighted by molar-refractivity contribution is 0.599. The van der Waals surface area contributed by atoms with Crippen molar-refractivity contribution in [1.29, 1.82) is 0 Å². The van der Waals surface area contributed by atoms with Crippen LogP contribution >= 0.6 is 11.6 Å². The van der Waals surface area contributed by atoms with Gasteiger partial charge in [-0.05, 0) is 42.7 Å². The third-order valence-electron chi connectivity index (χ3n) is 3.15. The molecule has 1 heterocycles. The lowest BCUT2D eigenvalue weighted by Crippen LogP contribution is -2.16. The van der Waals surface area contributed by atoms with E-state index in [9.17, 15) is 8.42 Å². The molecule has 124 valence electrons. The van der Waals surface area contributed by atoms with Crippen molar-refractivity contribution in [2.24, 2.45) is 0 Å². The first-order valence-corrected chi connectivity index (χ1v) is 9.46. The Labute approximate surface area is 142 Å². The summed E-state index contributed by atoms with van der Waals surface area (Å²) >= 11 is 5.85. The maximum Gasteiger partial charge on any atom is 0.233 e. The Morgan fingerprint density at radius 2 is 1.87 bits per heavy atom. The molecular formula is C16H20ClN3O2S. The van der Waals surface area contributed by atoms with Gasteiger partial charge in [0.25, 0.3) is 0 Å². The van der Waals surface area contributed by atoms with Crippen LogP contribution in [0.4, 0.5) is 11.5 Å². The van der Waals surface area contributed by atoms with Crippen LogP contribution in [0.3, 0.4) is 0 Å². The molecule has 0 aliphatic rings. The van der Waals surface area contributed by atoms with E-state index in [0.29, 0.717) is 12.2 Å². The molecule has 1 aromatic carbocycles. The van der Waals surface area contributed by atoms with Gasteiger partial charge in [0.05, 0.1) is 17.6 Å². The van der Waals surface area contributed by atoms with Crippen LogP contribution in [0.5, 0.6) is 0 Å². The molecule has 0 saturated heterocycles. The number of halogens is 1. The maximum absolute atomic E-state index is 11.7. The molecule has 0 saturated carbocycles. The molecule has 2 aromatic rings. The van der Waals surface area contributed by atoms with E-state index in [1.807, 2.05) is 31.2 Å². The normalized spacial score (nSPS) is 11.2. The van der Waals surface area contributed by atoms with Crippen LogP contribution in [0.1, 0.15) is 18.9 Å². The summed E-state index contributed by atoms with van der Waals surface area (Å²) in [6, 6.07) is 11.2. The van der Waals surface area contributed by atoms with Crippen molar-refractivity contribution >= 4 is 33.1 Å². The standard InChI is InChI=1S/C16H20ClN3O2S/c1-2-11-23(21,22)20-16-8-7-15(12-19-16)18-10-9-13-3-5-14(17)6-4-13/h3-8,12,18H,2,9-11H2,1H3,(H,19,20). The van der Waals surface area contributed by atoms with Gasteiger partial charge in [-0.15, -0.1) is 0 Å². The van der Waals surface area contributed by atoms with Gasteiger partial charge in [0.1, 0.15) is 5.82 Å². The molecule has 5 nitrogen and oxygen atoms in total. The van der Waals surface area contributed by atoms with Crippen molar-refractivity contribution in [2.45, 2.75) is 19.8 Å². The number of pyridine rings is 1. The molecule has 0 aliphatic heterocycles. The van der Waals surface area contributed by atoms with Crippen LogP contribution in [-0.2, 0) is 16.4 Å². The van der Waals surface area contributed by atoms with E-state index in [0.717, 1.165) is 23.7 Å². The Kier molecular flexibility index (Phi) is 6.24. The smallest absolute Gasteiger partial charge is 0.233 e. The number of nitrogens with zero attached hydrogens (tertiary/aromatic N) is 1. The van der Waals surface area contributed by atoms with Crippen molar-refractivity contribution in [3.8, 4) is 0 Å². The quantitative estimate of drug-likeness (QED) is 0.761. The van der Waals surface area contributed by atoms with Gasteiger partial charge in [-0.3, -0.25) is 4.72 Å². The van der Waals surface area contributed by atoms with Crippen LogP contribution in [0.2, 0.25) is 5.02 Å². The van der Waals surface area contributed by atoms with Crippen molar-refractivity contribution in [2.75, 3.05) is 22.3 Å². The highest BCUT2D eigenvalue weighted by molar-refractivity contribution is 7.92. The minimum Gasteiger partial charge on any atom is -0.383 e. The van der Waals surface area contributed by atoms with Crippen molar-refractivity contribution < 1.29 is 8.42 Å². The summed E-state index contributed by atoms with van der Waals surface area (Å²) in [4.78, 5) is 4.11. The van der Waals surface area contributed by atoms with E-state index in [4.69, 9.17) is 11.6 Å². The number of nitrogens with one attached hydrogen (secondary N) is 2. The molecule has 0 aliphatic carbocycles. The first kappa shape index (κ1) is 17.6. The molecule has 0 fully saturated rings. The van der Waals surface area contributed by atoms with E-state index in [-0.39, 0.29) is 5.75 Å². The average Bonchev–Trinajstić information content (AvgIpc) is 2.50. The maximum atomic E-state index is 11.7. The van der Waals surface area contributed by atoms with Gasteiger partial charge in [0.15, 0.2) is 0 Å². The fourth-order valence-corrected chi connectivity index (χ4v) is 3.25. The van der Waals surface area contributed by atoms with Gasteiger partial charge >= 0.3 is 0 Å². The number of anilines is 2. The SMILES string of the molecule is CCCS(=O)(=O)Nc1ccc(NCCc2ccc(Cl)cc2)cn1. The number of sulfonamides is 1. The lowest BCUT2D eigenvalue weighted by atomic mass is 10.1. The second kappa shape index (κ2) is 8.17. The topological polar surface area (TPSA) is 71.1 Å². The van der Waals surface area contributed by atoms with Crippen molar-refractivity contribution in [3.05, 3.63) is 53.2 Å². The van der Waals surface area contributed by atoms with Gasteiger partial charge in [-0.2, -0.15) is 0 Å². The molecule has 0 amide bonds. The Balaban J connectivity index is 1.84. The Morgan fingerprint density at radius 1 is 1.13 bits per heavy atom. The molecule has 0 spiro atoms. The van der Waals surface area contributed by atoms with Crippen LogP contribution in [-0.4, -0.2) is 25.7 Å². The summed E-state index contributed by atoms with van der Waals surface area (Å²) < 4.78 is 25.8. The zero-order valence-electron chi connectivity index (χ0n) is 12.9. The summed E-state index contributed by atoms with van der Waals surface area (Å²) in [5.41, 5.74) is 2.04. The molecular weight excluding hydrogens is 334 g/mol. The third-order valence-corrected chi connectivity index (χ3v) is 4.87. The van der Waals surface area contributed by atoms with Crippen LogP contribution < -0.4 is 10.0 Å². The predicted molar refractivity (Wildman–Crippen MR) is 95.6 cm³/mol. The highest BCUT2D eigenvalue weighted by Gasteiger charge is 2.09. The van der Waals surface area contributed by atoms with Crippen LogP contribution in [0, 0.1) is 0 Å². The van der Waals surface area contributed by atoms with Gasteiger partial charge in [0, 0.05) is 11.6 Å². The largest absolute Gasteiger partial charge is 0.383 e.